The highest BCUT2D eigenvalue weighted by Crippen LogP contribution is 2.28. The Bertz CT molecular complexity index is 970. The molecule has 1 heterocycles. The molecule has 2 rings (SSSR count). The molecule has 4 N–H and O–H groups in total. The summed E-state index contributed by atoms with van der Waals surface area (Å²) in [5, 5.41) is 9.13. The Hall–Kier alpha value is -3.15. The molecule has 1 aromatic carbocycles. The number of rotatable bonds is 8. The van der Waals surface area contributed by atoms with Gasteiger partial charge in [0, 0.05) is 24.5 Å². The third-order valence-corrected chi connectivity index (χ3v) is 5.36. The molecule has 9 nitrogen and oxygen atoms in total. The van der Waals surface area contributed by atoms with Gasteiger partial charge in [-0.3, -0.25) is 24.0 Å². The number of ketones is 1. The van der Waals surface area contributed by atoms with Crippen LogP contribution >= 0.6 is 11.6 Å². The molecule has 0 aliphatic carbocycles. The summed E-state index contributed by atoms with van der Waals surface area (Å²) in [6.07, 6.45) is -4.58. The van der Waals surface area contributed by atoms with E-state index in [1.807, 2.05) is 5.32 Å². The van der Waals surface area contributed by atoms with Gasteiger partial charge >= 0.3 is 6.18 Å². The van der Waals surface area contributed by atoms with Crippen LogP contribution in [-0.2, 0) is 19.2 Å². The van der Waals surface area contributed by atoms with Gasteiger partial charge in [0.2, 0.25) is 17.6 Å². The summed E-state index contributed by atoms with van der Waals surface area (Å²) in [5.74, 6) is -7.72. The van der Waals surface area contributed by atoms with Gasteiger partial charge in [0.25, 0.3) is 11.8 Å². The lowest BCUT2D eigenvalue weighted by molar-refractivity contribution is -0.175. The first kappa shape index (κ1) is 26.1. The van der Waals surface area contributed by atoms with E-state index in [9.17, 15) is 37.1 Å². The normalized spacial score (nSPS) is 17.5. The van der Waals surface area contributed by atoms with E-state index in [1.165, 1.54) is 13.1 Å². The number of carbonyl (C=O) groups excluding carboxylic acids is 5. The minimum Gasteiger partial charge on any atom is -0.356 e. The number of alkyl halides is 3. The van der Waals surface area contributed by atoms with E-state index in [1.54, 1.807) is 0 Å². The van der Waals surface area contributed by atoms with Gasteiger partial charge < -0.3 is 21.3 Å². The summed E-state index contributed by atoms with van der Waals surface area (Å²) >= 11 is 5.90. The summed E-state index contributed by atoms with van der Waals surface area (Å²) in [4.78, 5) is 61.2. The molecule has 0 bridgehead atoms. The van der Waals surface area contributed by atoms with Gasteiger partial charge in [-0.2, -0.15) is 13.2 Å². The van der Waals surface area contributed by atoms with Crippen molar-refractivity contribution < 1.29 is 37.1 Å². The van der Waals surface area contributed by atoms with Crippen molar-refractivity contribution in [1.82, 2.24) is 16.0 Å². The quantitative estimate of drug-likeness (QED) is 0.409. The van der Waals surface area contributed by atoms with Gasteiger partial charge in [0.15, 0.2) is 0 Å². The Morgan fingerprint density at radius 3 is 2.45 bits per heavy atom. The SMILES string of the molecule is CNC(=O)C(=O)C(CC1CCNC1=O)NC(=O)c1cc(Cl)ccc1NC(=O)C(C)C(F)(F)F. The molecular formula is C20H22ClF3N4O5. The summed E-state index contributed by atoms with van der Waals surface area (Å²) in [5.41, 5.74) is -0.599. The summed E-state index contributed by atoms with van der Waals surface area (Å²) in [7, 11) is 1.22. The van der Waals surface area contributed by atoms with Crippen LogP contribution in [0.15, 0.2) is 18.2 Å². The van der Waals surface area contributed by atoms with Crippen LogP contribution in [0.25, 0.3) is 0 Å². The van der Waals surface area contributed by atoms with Gasteiger partial charge in [0.05, 0.1) is 17.3 Å². The standard InChI is InChI=1S/C20H22ClF3N4O5/c1-9(20(22,23)24)16(30)27-13-4-3-11(21)8-12(13)18(32)28-14(15(29)19(33)25-2)7-10-5-6-26-17(10)31/h3-4,8-10,14H,5-7H2,1-2H3,(H,25,33)(H,26,31)(H,27,30)(H,28,32). The highest BCUT2D eigenvalue weighted by Gasteiger charge is 2.41. The number of carbonyl (C=O) groups is 5. The van der Waals surface area contributed by atoms with Gasteiger partial charge in [-0.1, -0.05) is 11.6 Å². The van der Waals surface area contributed by atoms with Crippen LogP contribution in [0.1, 0.15) is 30.1 Å². The molecule has 1 saturated heterocycles. The molecule has 3 atom stereocenters. The zero-order chi connectivity index (χ0) is 24.9. The number of Topliss-reactive ketones (excluding diaryl/α,β-unsaturated/α-hetero) is 1. The largest absolute Gasteiger partial charge is 0.400 e. The summed E-state index contributed by atoms with van der Waals surface area (Å²) in [6, 6.07) is 2.08. The Kier molecular flexibility index (Phi) is 8.42. The van der Waals surface area contributed by atoms with Crippen LogP contribution < -0.4 is 21.3 Å². The zero-order valence-corrected chi connectivity index (χ0v) is 18.4. The van der Waals surface area contributed by atoms with Crippen molar-refractivity contribution in [2.75, 3.05) is 18.9 Å². The lowest BCUT2D eigenvalue weighted by atomic mass is 9.95. The highest BCUT2D eigenvalue weighted by molar-refractivity contribution is 6.38. The molecule has 1 aliphatic rings. The predicted octanol–water partition coefficient (Wildman–Crippen LogP) is 1.42. The van der Waals surface area contributed by atoms with Crippen LogP contribution in [0.5, 0.6) is 0 Å². The summed E-state index contributed by atoms with van der Waals surface area (Å²) in [6.45, 7) is 1.04. The maximum atomic E-state index is 12.9. The molecule has 180 valence electrons. The van der Waals surface area contributed by atoms with Gasteiger partial charge in [-0.15, -0.1) is 0 Å². The number of anilines is 1. The lowest BCUT2D eigenvalue weighted by Crippen LogP contribution is -2.48. The van der Waals surface area contributed by atoms with E-state index in [2.05, 4.69) is 16.0 Å². The first-order valence-corrected chi connectivity index (χ1v) is 10.2. The monoisotopic (exact) mass is 490 g/mol. The highest BCUT2D eigenvalue weighted by atomic mass is 35.5. The smallest absolute Gasteiger partial charge is 0.356 e. The average molecular weight is 491 g/mol. The number of amides is 4. The molecule has 13 heteroatoms. The second kappa shape index (κ2) is 10.6. The third-order valence-electron chi connectivity index (χ3n) is 5.12. The molecule has 3 unspecified atom stereocenters. The van der Waals surface area contributed by atoms with E-state index in [0.717, 1.165) is 12.1 Å². The van der Waals surface area contributed by atoms with Crippen molar-refractivity contribution in [1.29, 1.82) is 0 Å². The number of nitrogens with one attached hydrogen (secondary N) is 4. The fraction of sp³-hybridized carbons (Fsp3) is 0.450. The lowest BCUT2D eigenvalue weighted by Gasteiger charge is -2.21. The van der Waals surface area contributed by atoms with Crippen molar-refractivity contribution in [3.8, 4) is 0 Å². The Labute approximate surface area is 191 Å². The Balaban J connectivity index is 2.30. The number of hydrogen-bond acceptors (Lipinski definition) is 5. The Morgan fingerprint density at radius 2 is 1.91 bits per heavy atom. The zero-order valence-electron chi connectivity index (χ0n) is 17.6. The molecule has 0 radical (unpaired) electrons. The molecule has 0 aromatic heterocycles. The average Bonchev–Trinajstić information content (AvgIpc) is 3.16. The van der Waals surface area contributed by atoms with Crippen molar-refractivity contribution >= 4 is 46.7 Å². The molecule has 4 amide bonds. The molecule has 0 saturated carbocycles. The van der Waals surface area contributed by atoms with Crippen LogP contribution in [-0.4, -0.2) is 55.2 Å². The van der Waals surface area contributed by atoms with Gasteiger partial charge in [-0.05, 0) is 38.0 Å². The van der Waals surface area contributed by atoms with E-state index >= 15 is 0 Å². The van der Waals surface area contributed by atoms with Gasteiger partial charge in [0.1, 0.15) is 5.92 Å². The van der Waals surface area contributed by atoms with Crippen molar-refractivity contribution in [2.24, 2.45) is 11.8 Å². The van der Waals surface area contributed by atoms with Crippen LogP contribution in [0.2, 0.25) is 5.02 Å². The van der Waals surface area contributed by atoms with E-state index in [4.69, 9.17) is 11.6 Å². The topological polar surface area (TPSA) is 133 Å². The van der Waals surface area contributed by atoms with Crippen molar-refractivity contribution in [2.45, 2.75) is 32.0 Å². The van der Waals surface area contributed by atoms with E-state index < -0.39 is 47.6 Å². The maximum absolute atomic E-state index is 12.9. The van der Waals surface area contributed by atoms with Crippen molar-refractivity contribution in [3.63, 3.8) is 0 Å². The van der Waals surface area contributed by atoms with Crippen LogP contribution in [0.3, 0.4) is 0 Å². The van der Waals surface area contributed by atoms with Gasteiger partial charge in [-0.25, -0.2) is 0 Å². The first-order chi connectivity index (χ1) is 15.3. The second-order valence-electron chi connectivity index (χ2n) is 7.42. The maximum Gasteiger partial charge on any atom is 0.400 e. The number of halogens is 4. The van der Waals surface area contributed by atoms with E-state index in [0.29, 0.717) is 19.9 Å². The predicted molar refractivity (Wildman–Crippen MR) is 111 cm³/mol. The molecule has 33 heavy (non-hydrogen) atoms. The first-order valence-electron chi connectivity index (χ1n) is 9.86. The fourth-order valence-corrected chi connectivity index (χ4v) is 3.28. The minimum absolute atomic E-state index is 0.0337. The molecule has 1 aliphatic heterocycles. The van der Waals surface area contributed by atoms with E-state index in [-0.39, 0.29) is 28.6 Å². The number of likely N-dealkylation sites (N-methyl/N-ethyl adjacent to an activating group) is 1. The molecule has 0 spiro atoms. The Morgan fingerprint density at radius 1 is 1.24 bits per heavy atom. The molecule has 1 aromatic rings. The molecular weight excluding hydrogens is 469 g/mol. The number of benzene rings is 1. The van der Waals surface area contributed by atoms with Crippen LogP contribution in [0.4, 0.5) is 18.9 Å². The minimum atomic E-state index is -4.80. The third kappa shape index (κ3) is 6.67. The van der Waals surface area contributed by atoms with Crippen LogP contribution in [0, 0.1) is 11.8 Å². The second-order valence-corrected chi connectivity index (χ2v) is 7.86. The fourth-order valence-electron chi connectivity index (χ4n) is 3.11. The molecule has 1 fully saturated rings. The van der Waals surface area contributed by atoms with Crippen molar-refractivity contribution in [3.05, 3.63) is 28.8 Å². The number of hydrogen-bond donors (Lipinski definition) is 4. The summed E-state index contributed by atoms with van der Waals surface area (Å²) < 4.78 is 38.6.